The number of ketones is 1. The third-order valence-corrected chi connectivity index (χ3v) is 4.78. The van der Waals surface area contributed by atoms with Crippen LogP contribution in [0.5, 0.6) is 0 Å². The van der Waals surface area contributed by atoms with Gasteiger partial charge in [-0.25, -0.2) is 4.99 Å². The minimum atomic E-state index is -0.651. The van der Waals surface area contributed by atoms with Crippen molar-refractivity contribution in [2.24, 2.45) is 4.99 Å². The van der Waals surface area contributed by atoms with Crippen LogP contribution in [0.15, 0.2) is 50.3 Å². The number of hydrogen-bond donors (Lipinski definition) is 1. The molecule has 0 bridgehead atoms. The van der Waals surface area contributed by atoms with Gasteiger partial charge in [0.2, 0.25) is 11.7 Å². The van der Waals surface area contributed by atoms with E-state index >= 15 is 0 Å². The maximum Gasteiger partial charge on any atom is 0.238 e. The highest BCUT2D eigenvalue weighted by molar-refractivity contribution is 9.10. The van der Waals surface area contributed by atoms with E-state index in [0.717, 1.165) is 20.2 Å². The van der Waals surface area contributed by atoms with Gasteiger partial charge < -0.3 is 5.32 Å². The van der Waals surface area contributed by atoms with E-state index in [-0.39, 0.29) is 17.4 Å². The second kappa shape index (κ2) is 4.86. The predicted octanol–water partition coefficient (Wildman–Crippen LogP) is 4.22. The first-order valence-electron chi connectivity index (χ1n) is 6.58. The minimum Gasteiger partial charge on any atom is -0.325 e. The van der Waals surface area contributed by atoms with Crippen molar-refractivity contribution in [2.45, 2.75) is 5.92 Å². The van der Waals surface area contributed by atoms with Gasteiger partial charge in [0.1, 0.15) is 11.6 Å². The van der Waals surface area contributed by atoms with Crippen molar-refractivity contribution in [1.82, 2.24) is 0 Å². The van der Waals surface area contributed by atoms with Crippen LogP contribution in [0.3, 0.4) is 0 Å². The van der Waals surface area contributed by atoms with Crippen molar-refractivity contribution in [3.63, 3.8) is 0 Å². The molecule has 0 fully saturated rings. The molecule has 1 atom stereocenters. The molecule has 2 aliphatic heterocycles. The molecule has 4 nitrogen and oxygen atoms in total. The summed E-state index contributed by atoms with van der Waals surface area (Å²) in [5.74, 6) is -1.05. The average molecular weight is 420 g/mol. The van der Waals surface area contributed by atoms with Gasteiger partial charge in [-0.1, -0.05) is 37.9 Å². The van der Waals surface area contributed by atoms with E-state index < -0.39 is 5.92 Å². The number of hydrogen-bond acceptors (Lipinski definition) is 3. The van der Waals surface area contributed by atoms with E-state index in [1.54, 1.807) is 18.2 Å². The molecular weight excluding hydrogens is 412 g/mol. The number of rotatable bonds is 1. The number of amides is 1. The van der Waals surface area contributed by atoms with Crippen molar-refractivity contribution in [2.75, 3.05) is 5.32 Å². The number of benzene rings is 2. The Bertz CT molecular complexity index is 890. The minimum absolute atomic E-state index is 0.182. The van der Waals surface area contributed by atoms with Crippen molar-refractivity contribution >= 4 is 60.6 Å². The summed E-state index contributed by atoms with van der Waals surface area (Å²) in [7, 11) is 0. The van der Waals surface area contributed by atoms with Crippen LogP contribution in [0.2, 0.25) is 0 Å². The SMILES string of the molecule is O=C1C(C2C(=O)Nc3cc(Br)ccc32)=Nc2cc(Br)ccc21. The Balaban J connectivity index is 1.83. The predicted molar refractivity (Wildman–Crippen MR) is 91.1 cm³/mol. The maximum atomic E-state index is 12.6. The summed E-state index contributed by atoms with van der Waals surface area (Å²) < 4.78 is 1.73. The number of carbonyl (C=O) groups is 2. The molecule has 2 aromatic carbocycles. The molecule has 0 saturated carbocycles. The third-order valence-electron chi connectivity index (χ3n) is 3.80. The molecule has 2 aliphatic rings. The van der Waals surface area contributed by atoms with Gasteiger partial charge in [-0.3, -0.25) is 9.59 Å². The third kappa shape index (κ3) is 1.98. The first kappa shape index (κ1) is 13.8. The largest absolute Gasteiger partial charge is 0.325 e. The first-order valence-corrected chi connectivity index (χ1v) is 8.16. The van der Waals surface area contributed by atoms with Gasteiger partial charge in [-0.15, -0.1) is 0 Å². The van der Waals surface area contributed by atoms with E-state index in [1.165, 1.54) is 0 Å². The zero-order valence-corrected chi connectivity index (χ0v) is 14.2. The smallest absolute Gasteiger partial charge is 0.238 e. The number of nitrogens with one attached hydrogen (secondary N) is 1. The number of nitrogens with zero attached hydrogens (tertiary/aromatic N) is 1. The topological polar surface area (TPSA) is 58.5 Å². The van der Waals surface area contributed by atoms with Crippen LogP contribution in [0, 0.1) is 0 Å². The number of carbonyl (C=O) groups excluding carboxylic acids is 2. The second-order valence-electron chi connectivity index (χ2n) is 5.14. The highest BCUT2D eigenvalue weighted by atomic mass is 79.9. The molecule has 0 saturated heterocycles. The number of fused-ring (bicyclic) bond motifs is 2. The van der Waals surface area contributed by atoms with E-state index in [4.69, 9.17) is 0 Å². The molecule has 2 heterocycles. The Morgan fingerprint density at radius 2 is 1.73 bits per heavy atom. The van der Waals surface area contributed by atoms with Crippen LogP contribution < -0.4 is 5.32 Å². The summed E-state index contributed by atoms with van der Waals surface area (Å²) in [5, 5.41) is 2.81. The molecule has 1 N–H and O–H groups in total. The fraction of sp³-hybridized carbons (Fsp3) is 0.0625. The molecule has 1 amide bonds. The molecular formula is C16H8Br2N2O2. The summed E-state index contributed by atoms with van der Waals surface area (Å²) in [6.07, 6.45) is 0. The summed E-state index contributed by atoms with van der Waals surface area (Å²) in [6, 6.07) is 10.8. The summed E-state index contributed by atoms with van der Waals surface area (Å²) in [6.45, 7) is 0. The zero-order valence-electron chi connectivity index (χ0n) is 11.1. The van der Waals surface area contributed by atoms with Crippen LogP contribution in [-0.2, 0) is 4.79 Å². The lowest BCUT2D eigenvalue weighted by Crippen LogP contribution is -2.25. The van der Waals surface area contributed by atoms with Crippen LogP contribution in [0.1, 0.15) is 21.8 Å². The van der Waals surface area contributed by atoms with Crippen molar-refractivity contribution in [3.8, 4) is 0 Å². The molecule has 0 radical (unpaired) electrons. The summed E-state index contributed by atoms with van der Waals surface area (Å²) >= 11 is 6.75. The lowest BCUT2D eigenvalue weighted by Gasteiger charge is -2.07. The van der Waals surface area contributed by atoms with Crippen molar-refractivity contribution < 1.29 is 9.59 Å². The standard InChI is InChI=1S/C16H8Br2N2O2/c17-7-1-3-9-11(5-7)20-16(22)13(9)14-15(21)10-4-2-8(18)6-12(10)19-14/h1-6,13H,(H,20,22). The van der Waals surface area contributed by atoms with Gasteiger partial charge in [0.15, 0.2) is 0 Å². The van der Waals surface area contributed by atoms with E-state index in [1.807, 2.05) is 18.2 Å². The fourth-order valence-electron chi connectivity index (χ4n) is 2.81. The molecule has 0 aromatic heterocycles. The summed E-state index contributed by atoms with van der Waals surface area (Å²) in [5.41, 5.74) is 2.93. The molecule has 6 heteroatoms. The number of anilines is 1. The molecule has 1 unspecified atom stereocenters. The van der Waals surface area contributed by atoms with Crippen molar-refractivity contribution in [1.29, 1.82) is 0 Å². The number of aliphatic imine (C=N–C) groups is 1. The number of halogens is 2. The lowest BCUT2D eigenvalue weighted by atomic mass is 9.92. The molecule has 0 aliphatic carbocycles. The van der Waals surface area contributed by atoms with Gasteiger partial charge in [0.05, 0.1) is 5.69 Å². The van der Waals surface area contributed by atoms with Crippen molar-refractivity contribution in [3.05, 3.63) is 56.5 Å². The Morgan fingerprint density at radius 3 is 2.55 bits per heavy atom. The maximum absolute atomic E-state index is 12.6. The molecule has 4 rings (SSSR count). The quantitative estimate of drug-likeness (QED) is 0.752. The van der Waals surface area contributed by atoms with Gasteiger partial charge in [-0.2, -0.15) is 0 Å². The average Bonchev–Trinajstić information content (AvgIpc) is 2.94. The lowest BCUT2D eigenvalue weighted by molar-refractivity contribution is -0.115. The van der Waals surface area contributed by atoms with E-state index in [9.17, 15) is 9.59 Å². The van der Waals surface area contributed by atoms with Gasteiger partial charge in [-0.05, 0) is 35.9 Å². The van der Waals surface area contributed by atoms with E-state index in [2.05, 4.69) is 42.2 Å². The zero-order chi connectivity index (χ0) is 15.4. The molecule has 108 valence electrons. The normalized spacial score (nSPS) is 18.8. The Kier molecular flexibility index (Phi) is 3.06. The van der Waals surface area contributed by atoms with Gasteiger partial charge in [0.25, 0.3) is 0 Å². The second-order valence-corrected chi connectivity index (χ2v) is 6.97. The Labute approximate surface area is 142 Å². The van der Waals surface area contributed by atoms with E-state index in [0.29, 0.717) is 11.3 Å². The highest BCUT2D eigenvalue weighted by Gasteiger charge is 2.40. The summed E-state index contributed by atoms with van der Waals surface area (Å²) in [4.78, 5) is 29.3. The number of Topliss-reactive ketones (excluding diaryl/α,β-unsaturated/α-hetero) is 1. The van der Waals surface area contributed by atoms with Crippen LogP contribution >= 0.6 is 31.9 Å². The highest BCUT2D eigenvalue weighted by Crippen LogP contribution is 2.40. The fourth-order valence-corrected chi connectivity index (χ4v) is 3.52. The van der Waals surface area contributed by atoms with Crippen LogP contribution in [-0.4, -0.2) is 17.4 Å². The molecule has 22 heavy (non-hydrogen) atoms. The van der Waals surface area contributed by atoms with Crippen LogP contribution in [0.4, 0.5) is 11.4 Å². The first-order chi connectivity index (χ1) is 10.5. The molecule has 0 spiro atoms. The monoisotopic (exact) mass is 418 g/mol. The van der Waals surface area contributed by atoms with Gasteiger partial charge in [0, 0.05) is 20.2 Å². The Morgan fingerprint density at radius 1 is 1.00 bits per heavy atom. The molecule has 2 aromatic rings. The van der Waals surface area contributed by atoms with Crippen LogP contribution in [0.25, 0.3) is 0 Å². The Hall–Kier alpha value is -1.79. The van der Waals surface area contributed by atoms with Gasteiger partial charge >= 0.3 is 0 Å².